The molecular formula is C12H15N5O2. The van der Waals surface area contributed by atoms with Crippen LogP contribution in [0.25, 0.3) is 11.4 Å². The number of aliphatic carboxylic acids is 1. The molecule has 0 fully saturated rings. The standard InChI is InChI=1S/C12H15N5O2/c1-8(5-11(18)19)7-17-12(14-15-16-17)10-4-3-9(2)13-6-10/h3-4,6,8H,5,7H2,1-2H3,(H,18,19). The molecule has 2 aromatic heterocycles. The number of carboxylic acid groups (broad SMARTS) is 1. The Kier molecular flexibility index (Phi) is 3.84. The van der Waals surface area contributed by atoms with Crippen molar-refractivity contribution in [2.45, 2.75) is 26.8 Å². The highest BCUT2D eigenvalue weighted by molar-refractivity contribution is 5.66. The molecule has 0 saturated carbocycles. The minimum absolute atomic E-state index is 0.0434. The van der Waals surface area contributed by atoms with Crippen LogP contribution in [0.15, 0.2) is 18.3 Å². The van der Waals surface area contributed by atoms with E-state index in [4.69, 9.17) is 5.11 Å². The van der Waals surface area contributed by atoms with Gasteiger partial charge >= 0.3 is 5.97 Å². The molecule has 1 unspecified atom stereocenters. The molecule has 0 saturated heterocycles. The lowest BCUT2D eigenvalue weighted by atomic mass is 10.1. The SMILES string of the molecule is Cc1ccc(-c2nnnn2CC(C)CC(=O)O)cn1. The molecule has 2 heterocycles. The fourth-order valence-electron chi connectivity index (χ4n) is 1.79. The number of rotatable bonds is 5. The summed E-state index contributed by atoms with van der Waals surface area (Å²) in [6, 6.07) is 3.78. The van der Waals surface area contributed by atoms with Crippen LogP contribution in [0.1, 0.15) is 19.0 Å². The molecule has 7 nitrogen and oxygen atoms in total. The summed E-state index contributed by atoms with van der Waals surface area (Å²) in [5.74, 6) is -0.262. The summed E-state index contributed by atoms with van der Waals surface area (Å²) in [5, 5.41) is 20.3. The second-order valence-corrected chi connectivity index (χ2v) is 4.58. The number of nitrogens with zero attached hydrogens (tertiary/aromatic N) is 5. The van der Waals surface area contributed by atoms with Gasteiger partial charge in [0.05, 0.1) is 0 Å². The van der Waals surface area contributed by atoms with E-state index < -0.39 is 5.97 Å². The summed E-state index contributed by atoms with van der Waals surface area (Å²) >= 11 is 0. The Hall–Kier alpha value is -2.31. The van der Waals surface area contributed by atoms with Crippen LogP contribution in [0.2, 0.25) is 0 Å². The molecule has 0 aromatic carbocycles. The summed E-state index contributed by atoms with van der Waals surface area (Å²) in [5.41, 5.74) is 1.74. The third kappa shape index (κ3) is 3.34. The van der Waals surface area contributed by atoms with Gasteiger partial charge in [-0.3, -0.25) is 9.78 Å². The topological polar surface area (TPSA) is 93.8 Å². The lowest BCUT2D eigenvalue weighted by Gasteiger charge is -2.09. The van der Waals surface area contributed by atoms with Crippen LogP contribution < -0.4 is 0 Å². The Morgan fingerprint density at radius 1 is 1.47 bits per heavy atom. The van der Waals surface area contributed by atoms with Gasteiger partial charge in [-0.25, -0.2) is 4.68 Å². The molecule has 0 spiro atoms. The summed E-state index contributed by atoms with van der Waals surface area (Å²) in [6.45, 7) is 4.22. The van der Waals surface area contributed by atoms with Gasteiger partial charge in [-0.15, -0.1) is 5.10 Å². The molecule has 2 rings (SSSR count). The minimum atomic E-state index is -0.820. The molecule has 0 aliphatic carbocycles. The second kappa shape index (κ2) is 5.55. The number of aryl methyl sites for hydroxylation is 1. The van der Waals surface area contributed by atoms with Crippen LogP contribution in [0.3, 0.4) is 0 Å². The molecule has 19 heavy (non-hydrogen) atoms. The lowest BCUT2D eigenvalue weighted by Crippen LogP contribution is -2.14. The van der Waals surface area contributed by atoms with Crippen molar-refractivity contribution >= 4 is 5.97 Å². The van der Waals surface area contributed by atoms with Gasteiger partial charge in [0.25, 0.3) is 0 Å². The van der Waals surface area contributed by atoms with Crippen molar-refractivity contribution in [3.8, 4) is 11.4 Å². The van der Waals surface area contributed by atoms with E-state index in [-0.39, 0.29) is 12.3 Å². The Morgan fingerprint density at radius 3 is 2.89 bits per heavy atom. The van der Waals surface area contributed by atoms with Gasteiger partial charge in [-0.1, -0.05) is 6.92 Å². The van der Waals surface area contributed by atoms with Gasteiger partial charge in [0.2, 0.25) is 0 Å². The molecule has 0 radical (unpaired) electrons. The monoisotopic (exact) mass is 261 g/mol. The average molecular weight is 261 g/mol. The number of hydrogen-bond donors (Lipinski definition) is 1. The van der Waals surface area contributed by atoms with E-state index in [1.165, 1.54) is 0 Å². The fraction of sp³-hybridized carbons (Fsp3) is 0.417. The molecule has 0 aliphatic heterocycles. The summed E-state index contributed by atoms with van der Waals surface area (Å²) in [4.78, 5) is 14.9. The molecule has 2 aromatic rings. The van der Waals surface area contributed by atoms with Crippen molar-refractivity contribution < 1.29 is 9.90 Å². The van der Waals surface area contributed by atoms with Crippen LogP contribution in [-0.4, -0.2) is 36.3 Å². The molecule has 1 N–H and O–H groups in total. The van der Waals surface area contributed by atoms with Gasteiger partial charge in [-0.2, -0.15) is 0 Å². The van der Waals surface area contributed by atoms with E-state index in [1.54, 1.807) is 10.9 Å². The van der Waals surface area contributed by atoms with Gasteiger partial charge < -0.3 is 5.11 Å². The van der Waals surface area contributed by atoms with E-state index in [9.17, 15) is 4.79 Å². The molecular weight excluding hydrogens is 246 g/mol. The fourth-order valence-corrected chi connectivity index (χ4v) is 1.79. The van der Waals surface area contributed by atoms with Crippen LogP contribution in [0.4, 0.5) is 0 Å². The zero-order chi connectivity index (χ0) is 13.8. The van der Waals surface area contributed by atoms with Crippen molar-refractivity contribution in [2.24, 2.45) is 5.92 Å². The normalized spacial score (nSPS) is 12.3. The molecule has 0 bridgehead atoms. The van der Waals surface area contributed by atoms with Crippen LogP contribution >= 0.6 is 0 Å². The highest BCUT2D eigenvalue weighted by Crippen LogP contribution is 2.16. The molecule has 1 atom stereocenters. The van der Waals surface area contributed by atoms with Crippen molar-refractivity contribution in [1.29, 1.82) is 0 Å². The van der Waals surface area contributed by atoms with Crippen LogP contribution in [-0.2, 0) is 11.3 Å². The lowest BCUT2D eigenvalue weighted by molar-refractivity contribution is -0.138. The van der Waals surface area contributed by atoms with E-state index >= 15 is 0 Å². The summed E-state index contributed by atoms with van der Waals surface area (Å²) in [7, 11) is 0. The zero-order valence-corrected chi connectivity index (χ0v) is 10.8. The quantitative estimate of drug-likeness (QED) is 0.867. The van der Waals surface area contributed by atoms with E-state index in [2.05, 4.69) is 20.5 Å². The number of pyridine rings is 1. The molecule has 0 aliphatic rings. The second-order valence-electron chi connectivity index (χ2n) is 4.58. The highest BCUT2D eigenvalue weighted by atomic mass is 16.4. The van der Waals surface area contributed by atoms with Crippen LogP contribution in [0.5, 0.6) is 0 Å². The molecule has 7 heteroatoms. The molecule has 0 amide bonds. The van der Waals surface area contributed by atoms with E-state index in [0.717, 1.165) is 11.3 Å². The smallest absolute Gasteiger partial charge is 0.303 e. The van der Waals surface area contributed by atoms with E-state index in [1.807, 2.05) is 26.0 Å². The number of tetrazole rings is 1. The van der Waals surface area contributed by atoms with E-state index in [0.29, 0.717) is 12.4 Å². The average Bonchev–Trinajstić information content (AvgIpc) is 2.77. The van der Waals surface area contributed by atoms with Gasteiger partial charge in [-0.05, 0) is 35.4 Å². The number of carboxylic acids is 1. The van der Waals surface area contributed by atoms with Crippen LogP contribution in [0, 0.1) is 12.8 Å². The number of hydrogen-bond acceptors (Lipinski definition) is 5. The zero-order valence-electron chi connectivity index (χ0n) is 10.8. The van der Waals surface area contributed by atoms with Crippen molar-refractivity contribution in [3.05, 3.63) is 24.0 Å². The third-order valence-electron chi connectivity index (χ3n) is 2.71. The van der Waals surface area contributed by atoms with Gasteiger partial charge in [0, 0.05) is 30.4 Å². The van der Waals surface area contributed by atoms with Gasteiger partial charge in [0.1, 0.15) is 0 Å². The maximum Gasteiger partial charge on any atom is 0.303 e. The Balaban J connectivity index is 2.18. The van der Waals surface area contributed by atoms with Crippen molar-refractivity contribution in [1.82, 2.24) is 25.2 Å². The van der Waals surface area contributed by atoms with Crippen molar-refractivity contribution in [2.75, 3.05) is 0 Å². The first-order valence-electron chi connectivity index (χ1n) is 5.97. The maximum absolute atomic E-state index is 10.7. The highest BCUT2D eigenvalue weighted by Gasteiger charge is 2.14. The first-order valence-corrected chi connectivity index (χ1v) is 5.97. The summed E-state index contributed by atoms with van der Waals surface area (Å²) in [6.07, 6.45) is 1.80. The predicted octanol–water partition coefficient (Wildman–Crippen LogP) is 1.15. The minimum Gasteiger partial charge on any atom is -0.481 e. The Labute approximate surface area is 110 Å². The summed E-state index contributed by atoms with van der Waals surface area (Å²) < 4.78 is 1.61. The number of aromatic nitrogens is 5. The number of carbonyl (C=O) groups is 1. The Morgan fingerprint density at radius 2 is 2.26 bits per heavy atom. The first-order chi connectivity index (χ1) is 9.06. The van der Waals surface area contributed by atoms with Gasteiger partial charge in [0.15, 0.2) is 5.82 Å². The Bertz CT molecular complexity index is 564. The third-order valence-corrected chi connectivity index (χ3v) is 2.71. The first kappa shape index (κ1) is 13.1. The molecule has 100 valence electrons. The largest absolute Gasteiger partial charge is 0.481 e. The van der Waals surface area contributed by atoms with Crippen molar-refractivity contribution in [3.63, 3.8) is 0 Å². The predicted molar refractivity (Wildman–Crippen MR) is 67.2 cm³/mol. The maximum atomic E-state index is 10.7.